The number of carbonyl (C=O) groups is 2. The van der Waals surface area contributed by atoms with Crippen molar-refractivity contribution in [3.63, 3.8) is 0 Å². The molecule has 3 saturated heterocycles. The van der Waals surface area contributed by atoms with Gasteiger partial charge in [0.2, 0.25) is 11.8 Å². The Morgan fingerprint density at radius 1 is 1.25 bits per heavy atom. The number of anilines is 1. The van der Waals surface area contributed by atoms with E-state index in [9.17, 15) is 9.59 Å². The number of rotatable bonds is 4. The van der Waals surface area contributed by atoms with Gasteiger partial charge in [0.25, 0.3) is 0 Å². The minimum absolute atomic E-state index is 0. The van der Waals surface area contributed by atoms with Crippen molar-refractivity contribution in [2.45, 2.75) is 57.2 Å². The van der Waals surface area contributed by atoms with Crippen LogP contribution in [0.5, 0.6) is 5.75 Å². The van der Waals surface area contributed by atoms with Gasteiger partial charge in [-0.2, -0.15) is 0 Å². The predicted molar refractivity (Wildman–Crippen MR) is 111 cm³/mol. The lowest BCUT2D eigenvalue weighted by Gasteiger charge is -2.36. The fraction of sp³-hybridized carbons (Fsp3) is 0.619. The molecule has 2 bridgehead atoms. The Bertz CT molecular complexity index is 744. The standard InChI is InChI=1S/C21H29N3O3.ClH/c1-13-4-7-19(27-3)18(8-13)24-12-14(9-20(24)25)21(26)23(2)17-10-15-5-6-16(11-17)22-15;/h4,7-8,14-17,22H,5-6,9-12H2,1-3H3;1H. The Balaban J connectivity index is 0.00000225. The quantitative estimate of drug-likeness (QED) is 0.833. The van der Waals surface area contributed by atoms with Gasteiger partial charge < -0.3 is 19.9 Å². The van der Waals surface area contributed by atoms with Crippen LogP contribution in [0, 0.1) is 12.8 Å². The highest BCUT2D eigenvalue weighted by Crippen LogP contribution is 2.35. The summed E-state index contributed by atoms with van der Waals surface area (Å²) in [6.07, 6.45) is 4.75. The van der Waals surface area contributed by atoms with E-state index in [4.69, 9.17) is 4.74 Å². The van der Waals surface area contributed by atoms with Crippen molar-refractivity contribution in [2.75, 3.05) is 25.6 Å². The van der Waals surface area contributed by atoms with E-state index in [-0.39, 0.29) is 42.6 Å². The second-order valence-corrected chi connectivity index (χ2v) is 8.29. The number of carbonyl (C=O) groups excluding carboxylic acids is 2. The predicted octanol–water partition coefficient (Wildman–Crippen LogP) is 2.52. The van der Waals surface area contributed by atoms with Gasteiger partial charge in [-0.1, -0.05) is 6.07 Å². The lowest BCUT2D eigenvalue weighted by molar-refractivity contribution is -0.137. The summed E-state index contributed by atoms with van der Waals surface area (Å²) in [6.45, 7) is 2.42. The van der Waals surface area contributed by atoms with Gasteiger partial charge in [-0.15, -0.1) is 12.4 Å². The molecular weight excluding hydrogens is 378 g/mol. The molecule has 3 aliphatic rings. The number of hydrogen-bond acceptors (Lipinski definition) is 4. The van der Waals surface area contributed by atoms with Crippen molar-refractivity contribution >= 4 is 29.9 Å². The van der Waals surface area contributed by atoms with Gasteiger partial charge in [-0.05, 0) is 50.3 Å². The van der Waals surface area contributed by atoms with Crippen molar-refractivity contribution in [1.82, 2.24) is 10.2 Å². The molecule has 0 saturated carbocycles. The first kappa shape index (κ1) is 20.9. The number of hydrogen-bond donors (Lipinski definition) is 1. The molecular formula is C21H30ClN3O3. The van der Waals surface area contributed by atoms with Gasteiger partial charge in [0, 0.05) is 38.1 Å². The maximum absolute atomic E-state index is 13.1. The molecule has 0 spiro atoms. The average Bonchev–Trinajstić information content (AvgIpc) is 3.22. The molecule has 154 valence electrons. The summed E-state index contributed by atoms with van der Waals surface area (Å²) in [4.78, 5) is 29.4. The zero-order chi connectivity index (χ0) is 19.1. The van der Waals surface area contributed by atoms with E-state index in [1.807, 2.05) is 37.1 Å². The molecule has 1 N–H and O–H groups in total. The topological polar surface area (TPSA) is 61.9 Å². The molecule has 3 heterocycles. The fourth-order valence-corrected chi connectivity index (χ4v) is 4.93. The highest BCUT2D eigenvalue weighted by atomic mass is 35.5. The molecule has 1 aromatic rings. The van der Waals surface area contributed by atoms with Crippen LogP contribution in [0.15, 0.2) is 18.2 Å². The van der Waals surface area contributed by atoms with Crippen molar-refractivity contribution in [3.8, 4) is 5.75 Å². The van der Waals surface area contributed by atoms with Gasteiger partial charge in [0.15, 0.2) is 0 Å². The van der Waals surface area contributed by atoms with E-state index in [0.29, 0.717) is 24.4 Å². The van der Waals surface area contributed by atoms with Gasteiger partial charge >= 0.3 is 0 Å². The largest absolute Gasteiger partial charge is 0.495 e. The molecule has 0 aromatic heterocycles. The molecule has 28 heavy (non-hydrogen) atoms. The Hall–Kier alpha value is -1.79. The van der Waals surface area contributed by atoms with Crippen LogP contribution in [0.2, 0.25) is 0 Å². The van der Waals surface area contributed by atoms with Gasteiger partial charge in [-0.25, -0.2) is 0 Å². The van der Waals surface area contributed by atoms with E-state index in [2.05, 4.69) is 5.32 Å². The highest BCUT2D eigenvalue weighted by Gasteiger charge is 2.41. The van der Waals surface area contributed by atoms with Crippen LogP contribution in [-0.4, -0.2) is 55.5 Å². The van der Waals surface area contributed by atoms with Gasteiger partial charge in [0.1, 0.15) is 5.75 Å². The zero-order valence-corrected chi connectivity index (χ0v) is 17.6. The first-order valence-corrected chi connectivity index (χ1v) is 9.94. The third-order valence-corrected chi connectivity index (χ3v) is 6.44. The monoisotopic (exact) mass is 407 g/mol. The molecule has 1 aromatic carbocycles. The third-order valence-electron chi connectivity index (χ3n) is 6.44. The lowest BCUT2D eigenvalue weighted by Crippen LogP contribution is -2.50. The number of benzene rings is 1. The average molecular weight is 408 g/mol. The second-order valence-electron chi connectivity index (χ2n) is 8.29. The number of aryl methyl sites for hydroxylation is 1. The van der Waals surface area contributed by atoms with E-state index in [0.717, 1.165) is 24.1 Å². The minimum Gasteiger partial charge on any atom is -0.495 e. The van der Waals surface area contributed by atoms with Crippen molar-refractivity contribution < 1.29 is 14.3 Å². The smallest absolute Gasteiger partial charge is 0.228 e. The van der Waals surface area contributed by atoms with Crippen LogP contribution < -0.4 is 15.0 Å². The molecule has 0 aliphatic carbocycles. The molecule has 3 unspecified atom stereocenters. The summed E-state index contributed by atoms with van der Waals surface area (Å²) in [5.41, 5.74) is 1.83. The Labute approximate surface area is 173 Å². The first-order chi connectivity index (χ1) is 13.0. The minimum atomic E-state index is -0.278. The summed E-state index contributed by atoms with van der Waals surface area (Å²) < 4.78 is 5.43. The second kappa shape index (κ2) is 8.29. The molecule has 2 amide bonds. The molecule has 4 rings (SSSR count). The maximum Gasteiger partial charge on any atom is 0.228 e. The van der Waals surface area contributed by atoms with Gasteiger partial charge in [-0.3, -0.25) is 9.59 Å². The Kier molecular flexibility index (Phi) is 6.20. The molecule has 3 atom stereocenters. The summed E-state index contributed by atoms with van der Waals surface area (Å²) in [7, 11) is 3.52. The number of methoxy groups -OCH3 is 1. The number of fused-ring (bicyclic) bond motifs is 2. The number of ether oxygens (including phenoxy) is 1. The number of halogens is 1. The van der Waals surface area contributed by atoms with Crippen LogP contribution in [0.4, 0.5) is 5.69 Å². The van der Waals surface area contributed by atoms with Crippen LogP contribution >= 0.6 is 12.4 Å². The van der Waals surface area contributed by atoms with Crippen LogP contribution in [0.3, 0.4) is 0 Å². The van der Waals surface area contributed by atoms with E-state index in [1.165, 1.54) is 12.8 Å². The first-order valence-electron chi connectivity index (χ1n) is 9.94. The molecule has 7 heteroatoms. The van der Waals surface area contributed by atoms with Crippen molar-refractivity contribution in [2.24, 2.45) is 5.92 Å². The van der Waals surface area contributed by atoms with Crippen LogP contribution in [0.25, 0.3) is 0 Å². The lowest BCUT2D eigenvalue weighted by atomic mass is 9.97. The van der Waals surface area contributed by atoms with Crippen molar-refractivity contribution in [3.05, 3.63) is 23.8 Å². The SMILES string of the molecule is COc1ccc(C)cc1N1CC(C(=O)N(C)C2CC3CCC(C2)N3)CC1=O.Cl. The third kappa shape index (κ3) is 3.85. The number of nitrogens with one attached hydrogen (secondary N) is 1. The highest BCUT2D eigenvalue weighted by molar-refractivity contribution is 6.01. The fourth-order valence-electron chi connectivity index (χ4n) is 4.93. The number of piperidine rings is 1. The Morgan fingerprint density at radius 2 is 1.93 bits per heavy atom. The summed E-state index contributed by atoms with van der Waals surface area (Å²) >= 11 is 0. The normalized spacial score (nSPS) is 28.8. The van der Waals surface area contributed by atoms with Crippen LogP contribution in [-0.2, 0) is 9.59 Å². The maximum atomic E-state index is 13.1. The van der Waals surface area contributed by atoms with Gasteiger partial charge in [0.05, 0.1) is 18.7 Å². The summed E-state index contributed by atoms with van der Waals surface area (Å²) in [6, 6.07) is 7.17. The van der Waals surface area contributed by atoms with E-state index in [1.54, 1.807) is 12.0 Å². The Morgan fingerprint density at radius 3 is 2.57 bits per heavy atom. The zero-order valence-electron chi connectivity index (χ0n) is 16.8. The van der Waals surface area contributed by atoms with Crippen molar-refractivity contribution in [1.29, 1.82) is 0 Å². The summed E-state index contributed by atoms with van der Waals surface area (Å²) in [5.74, 6) is 0.491. The number of nitrogens with zero attached hydrogens (tertiary/aromatic N) is 2. The van der Waals surface area contributed by atoms with E-state index < -0.39 is 0 Å². The number of amides is 2. The van der Waals surface area contributed by atoms with E-state index >= 15 is 0 Å². The van der Waals surface area contributed by atoms with Crippen LogP contribution in [0.1, 0.15) is 37.7 Å². The molecule has 6 nitrogen and oxygen atoms in total. The summed E-state index contributed by atoms with van der Waals surface area (Å²) in [5, 5.41) is 3.62. The molecule has 0 radical (unpaired) electrons. The molecule has 3 aliphatic heterocycles. The molecule has 3 fully saturated rings.